The van der Waals surface area contributed by atoms with Crippen molar-refractivity contribution in [1.82, 2.24) is 20.1 Å². The molecule has 1 unspecified atom stereocenters. The van der Waals surface area contributed by atoms with E-state index in [1.165, 1.54) is 10.4 Å². The number of thiazole rings is 1. The maximum Gasteiger partial charge on any atom is 0.151 e. The van der Waals surface area contributed by atoms with Gasteiger partial charge in [0.1, 0.15) is 11.1 Å². The maximum absolute atomic E-state index is 9.65. The van der Waals surface area contributed by atoms with Gasteiger partial charge in [-0.2, -0.15) is 5.10 Å². The van der Waals surface area contributed by atoms with Crippen molar-refractivity contribution in [2.45, 2.75) is 39.0 Å². The van der Waals surface area contributed by atoms with Crippen molar-refractivity contribution in [1.29, 1.82) is 0 Å². The van der Waals surface area contributed by atoms with Gasteiger partial charge < -0.3 is 14.7 Å². The molecule has 2 aromatic heterocycles. The fourth-order valence-corrected chi connectivity index (χ4v) is 4.35. The number of ether oxygens (including phenoxy) is 1. The maximum atomic E-state index is 9.65. The molecule has 0 bridgehead atoms. The van der Waals surface area contributed by atoms with Crippen LogP contribution < -0.4 is 4.90 Å². The molecular formula is C18H25N5O2S. The summed E-state index contributed by atoms with van der Waals surface area (Å²) in [4.78, 5) is 10.2. The summed E-state index contributed by atoms with van der Waals surface area (Å²) in [5.41, 5.74) is 2.39. The molecule has 2 aliphatic heterocycles. The predicted molar refractivity (Wildman–Crippen MR) is 100 cm³/mol. The molecule has 4 rings (SSSR count). The quantitative estimate of drug-likeness (QED) is 0.873. The highest BCUT2D eigenvalue weighted by Gasteiger charge is 2.21. The summed E-state index contributed by atoms with van der Waals surface area (Å²) < 4.78 is 5.54. The molecule has 0 aromatic carbocycles. The van der Waals surface area contributed by atoms with Gasteiger partial charge in [-0.25, -0.2) is 4.98 Å². The van der Waals surface area contributed by atoms with Gasteiger partial charge in [-0.15, -0.1) is 16.4 Å². The Morgan fingerprint density at radius 2 is 2.19 bits per heavy atom. The molecular weight excluding hydrogens is 350 g/mol. The van der Waals surface area contributed by atoms with E-state index >= 15 is 0 Å². The van der Waals surface area contributed by atoms with Crippen LogP contribution in [0.25, 0.3) is 0 Å². The van der Waals surface area contributed by atoms with Crippen LogP contribution in [0.1, 0.15) is 40.6 Å². The summed E-state index contributed by atoms with van der Waals surface area (Å²) in [6, 6.07) is 2.20. The van der Waals surface area contributed by atoms with Crippen LogP contribution in [0, 0.1) is 0 Å². The number of aliphatic hydroxyl groups excluding tert-OH is 1. The summed E-state index contributed by atoms with van der Waals surface area (Å²) in [7, 11) is 0. The zero-order chi connectivity index (χ0) is 17.9. The van der Waals surface area contributed by atoms with E-state index in [0.717, 1.165) is 75.3 Å². The molecule has 0 saturated carbocycles. The summed E-state index contributed by atoms with van der Waals surface area (Å²) in [6.45, 7) is 7.89. The molecule has 1 atom stereocenters. The van der Waals surface area contributed by atoms with Crippen LogP contribution in [-0.2, 0) is 24.2 Å². The zero-order valence-corrected chi connectivity index (χ0v) is 15.9. The molecule has 0 amide bonds. The monoisotopic (exact) mass is 375 g/mol. The molecule has 0 radical (unpaired) electrons. The van der Waals surface area contributed by atoms with E-state index in [1.54, 1.807) is 18.3 Å². The minimum atomic E-state index is -0.494. The number of aromatic nitrogens is 3. The van der Waals surface area contributed by atoms with Crippen molar-refractivity contribution >= 4 is 17.2 Å². The lowest BCUT2D eigenvalue weighted by Crippen LogP contribution is -2.32. The molecule has 140 valence electrons. The number of aliphatic hydroxyl groups is 1. The molecule has 8 heteroatoms. The fourth-order valence-electron chi connectivity index (χ4n) is 3.45. The lowest BCUT2D eigenvalue weighted by atomic mass is 10.1. The minimum absolute atomic E-state index is 0.494. The number of hydrogen-bond acceptors (Lipinski definition) is 8. The van der Waals surface area contributed by atoms with Crippen molar-refractivity contribution in [3.8, 4) is 0 Å². The largest absolute Gasteiger partial charge is 0.386 e. The Balaban J connectivity index is 1.45. The minimum Gasteiger partial charge on any atom is -0.386 e. The lowest BCUT2D eigenvalue weighted by Gasteiger charge is -2.28. The smallest absolute Gasteiger partial charge is 0.151 e. The highest BCUT2D eigenvalue weighted by Crippen LogP contribution is 2.25. The molecule has 7 nitrogen and oxygen atoms in total. The van der Waals surface area contributed by atoms with Gasteiger partial charge in [-0.05, 0) is 25.0 Å². The van der Waals surface area contributed by atoms with E-state index < -0.39 is 6.10 Å². The first kappa shape index (κ1) is 17.8. The van der Waals surface area contributed by atoms with Gasteiger partial charge in [0.25, 0.3) is 0 Å². The second-order valence-electron chi connectivity index (χ2n) is 6.93. The lowest BCUT2D eigenvalue weighted by molar-refractivity contribution is 0.152. The molecule has 1 fully saturated rings. The van der Waals surface area contributed by atoms with E-state index in [4.69, 9.17) is 4.74 Å². The Morgan fingerprint density at radius 3 is 3.04 bits per heavy atom. The van der Waals surface area contributed by atoms with Crippen LogP contribution in [-0.4, -0.2) is 58.0 Å². The molecule has 0 aliphatic carbocycles. The van der Waals surface area contributed by atoms with Gasteiger partial charge in [0.05, 0.1) is 12.3 Å². The summed E-state index contributed by atoms with van der Waals surface area (Å²) in [5, 5.41) is 19.4. The first-order valence-corrected chi connectivity index (χ1v) is 10.0. The third kappa shape index (κ3) is 4.03. The molecule has 0 spiro atoms. The first-order chi connectivity index (χ1) is 12.7. The topological polar surface area (TPSA) is 74.6 Å². The highest BCUT2D eigenvalue weighted by atomic mass is 32.1. The summed E-state index contributed by atoms with van der Waals surface area (Å²) >= 11 is 1.59. The summed E-state index contributed by atoms with van der Waals surface area (Å²) in [5.74, 6) is 0.963. The van der Waals surface area contributed by atoms with Crippen LogP contribution in [0.2, 0.25) is 0 Å². The van der Waals surface area contributed by atoms with Crippen molar-refractivity contribution < 1.29 is 9.84 Å². The normalized spacial score (nSPS) is 19.8. The predicted octanol–water partition coefficient (Wildman–Crippen LogP) is 1.77. The number of fused-ring (bicyclic) bond motifs is 1. The fraction of sp³-hybridized carbons (Fsp3) is 0.611. The van der Waals surface area contributed by atoms with Crippen LogP contribution >= 0.6 is 11.3 Å². The van der Waals surface area contributed by atoms with Crippen molar-refractivity contribution in [2.75, 3.05) is 37.7 Å². The van der Waals surface area contributed by atoms with Gasteiger partial charge in [-0.3, -0.25) is 4.90 Å². The number of anilines is 1. The Bertz CT molecular complexity index is 743. The average molecular weight is 375 g/mol. The van der Waals surface area contributed by atoms with E-state index in [0.29, 0.717) is 0 Å². The van der Waals surface area contributed by atoms with E-state index in [-0.39, 0.29) is 0 Å². The molecule has 26 heavy (non-hydrogen) atoms. The molecule has 2 aromatic rings. The third-order valence-electron chi connectivity index (χ3n) is 4.86. The Morgan fingerprint density at radius 1 is 1.27 bits per heavy atom. The molecule has 1 N–H and O–H groups in total. The van der Waals surface area contributed by atoms with E-state index in [9.17, 15) is 5.11 Å². The molecule has 2 aliphatic rings. The first-order valence-electron chi connectivity index (χ1n) is 9.22. The number of hydrogen-bond donors (Lipinski definition) is 1. The Hall–Kier alpha value is -1.61. The average Bonchev–Trinajstić information content (AvgIpc) is 2.94. The van der Waals surface area contributed by atoms with Crippen LogP contribution in [0.3, 0.4) is 0 Å². The Kier molecular flexibility index (Phi) is 5.44. The van der Waals surface area contributed by atoms with Crippen LogP contribution in [0.5, 0.6) is 0 Å². The standard InChI is InChI=1S/C18H25N5O2S/c1-13(24)18-19-10-15(26-18)12-22-5-3-16-14(11-22)9-17(21-20-16)23-4-2-7-25-8-6-23/h9-10,13,24H,2-8,11-12H2,1H3. The second-order valence-corrected chi connectivity index (χ2v) is 8.08. The SMILES string of the molecule is CC(O)c1ncc(CN2CCc3nnc(N4CCCOCC4)cc3C2)s1. The van der Waals surface area contributed by atoms with Gasteiger partial charge in [-0.1, -0.05) is 0 Å². The Labute approximate surface area is 157 Å². The third-order valence-corrected chi connectivity index (χ3v) is 6.01. The van der Waals surface area contributed by atoms with Gasteiger partial charge >= 0.3 is 0 Å². The van der Waals surface area contributed by atoms with Gasteiger partial charge in [0.2, 0.25) is 0 Å². The number of rotatable bonds is 4. The van der Waals surface area contributed by atoms with E-state index in [1.807, 2.05) is 6.20 Å². The van der Waals surface area contributed by atoms with E-state index in [2.05, 4.69) is 31.0 Å². The van der Waals surface area contributed by atoms with Gasteiger partial charge in [0.15, 0.2) is 5.82 Å². The van der Waals surface area contributed by atoms with Crippen LogP contribution in [0.15, 0.2) is 12.3 Å². The van der Waals surface area contributed by atoms with Crippen molar-refractivity contribution in [2.24, 2.45) is 0 Å². The number of nitrogens with zero attached hydrogens (tertiary/aromatic N) is 5. The van der Waals surface area contributed by atoms with Crippen LogP contribution in [0.4, 0.5) is 5.82 Å². The zero-order valence-electron chi connectivity index (χ0n) is 15.1. The molecule has 1 saturated heterocycles. The van der Waals surface area contributed by atoms with Crippen molar-refractivity contribution in [3.05, 3.63) is 33.4 Å². The van der Waals surface area contributed by atoms with Gasteiger partial charge in [0, 0.05) is 56.8 Å². The highest BCUT2D eigenvalue weighted by molar-refractivity contribution is 7.11. The summed E-state index contributed by atoms with van der Waals surface area (Å²) in [6.07, 6.45) is 3.34. The second kappa shape index (κ2) is 7.96. The molecule has 4 heterocycles. The van der Waals surface area contributed by atoms with Crippen molar-refractivity contribution in [3.63, 3.8) is 0 Å².